The summed E-state index contributed by atoms with van der Waals surface area (Å²) < 4.78 is 15.2. The fraction of sp³-hybridized carbons (Fsp3) is 0.357. The lowest BCUT2D eigenvalue weighted by molar-refractivity contribution is 0.138. The Morgan fingerprint density at radius 1 is 1.44 bits per heavy atom. The van der Waals surface area contributed by atoms with Crippen LogP contribution in [0.1, 0.15) is 36.0 Å². The van der Waals surface area contributed by atoms with E-state index in [-0.39, 0.29) is 5.82 Å². The van der Waals surface area contributed by atoms with Crippen molar-refractivity contribution in [3.8, 4) is 0 Å². The molecule has 1 aliphatic rings. The molecule has 1 atom stereocenters. The molecule has 0 bridgehead atoms. The second kappa shape index (κ2) is 4.53. The Balaban J connectivity index is 1.90. The number of fused-ring (bicyclic) bond motifs is 1. The third kappa shape index (κ3) is 2.04. The largest absolute Gasteiger partial charge is 0.387 e. The molecule has 0 radical (unpaired) electrons. The van der Waals surface area contributed by atoms with E-state index in [2.05, 4.69) is 9.55 Å². The van der Waals surface area contributed by atoms with Crippen molar-refractivity contribution in [1.82, 2.24) is 9.55 Å². The molecule has 2 heterocycles. The highest BCUT2D eigenvalue weighted by molar-refractivity contribution is 5.22. The van der Waals surface area contributed by atoms with Gasteiger partial charge in [0.05, 0.1) is 18.0 Å². The predicted octanol–water partition coefficient (Wildman–Crippen LogP) is 2.44. The van der Waals surface area contributed by atoms with Crippen LogP contribution in [-0.4, -0.2) is 14.7 Å². The van der Waals surface area contributed by atoms with Gasteiger partial charge in [0, 0.05) is 13.0 Å². The number of rotatable bonds is 2. The molecule has 3 rings (SSSR count). The van der Waals surface area contributed by atoms with E-state index in [1.807, 2.05) is 6.07 Å². The maximum absolute atomic E-state index is 13.1. The summed E-state index contributed by atoms with van der Waals surface area (Å²) >= 11 is 0. The van der Waals surface area contributed by atoms with E-state index in [4.69, 9.17) is 0 Å². The number of halogens is 1. The summed E-state index contributed by atoms with van der Waals surface area (Å²) in [6.07, 6.45) is 3.68. The van der Waals surface area contributed by atoms with Crippen LogP contribution in [-0.2, 0) is 13.0 Å². The van der Waals surface area contributed by atoms with E-state index < -0.39 is 6.10 Å². The van der Waals surface area contributed by atoms with Gasteiger partial charge in [0.15, 0.2) is 0 Å². The Morgan fingerprint density at radius 2 is 2.33 bits per heavy atom. The number of aliphatic hydroxyl groups excluding tert-OH is 1. The molecular formula is C14H15FN2O. The fourth-order valence-electron chi connectivity index (χ4n) is 2.51. The first-order valence-electron chi connectivity index (χ1n) is 6.21. The van der Waals surface area contributed by atoms with Crippen molar-refractivity contribution in [2.24, 2.45) is 0 Å². The predicted molar refractivity (Wildman–Crippen MR) is 65.6 cm³/mol. The average Bonchev–Trinajstić information content (AvgIpc) is 2.74. The van der Waals surface area contributed by atoms with Crippen molar-refractivity contribution in [2.45, 2.75) is 31.9 Å². The van der Waals surface area contributed by atoms with Crippen LogP contribution in [0.5, 0.6) is 0 Å². The molecule has 2 aromatic rings. The second-order valence-electron chi connectivity index (χ2n) is 4.72. The number of nitrogens with zero attached hydrogens (tertiary/aromatic N) is 2. The zero-order chi connectivity index (χ0) is 12.5. The van der Waals surface area contributed by atoms with Crippen molar-refractivity contribution in [3.05, 3.63) is 53.4 Å². The van der Waals surface area contributed by atoms with Crippen LogP contribution in [0.3, 0.4) is 0 Å². The number of aromatic nitrogens is 2. The Morgan fingerprint density at radius 3 is 3.17 bits per heavy atom. The van der Waals surface area contributed by atoms with Crippen molar-refractivity contribution in [1.29, 1.82) is 0 Å². The first-order chi connectivity index (χ1) is 8.74. The van der Waals surface area contributed by atoms with Gasteiger partial charge in [0.25, 0.3) is 0 Å². The van der Waals surface area contributed by atoms with E-state index in [1.54, 1.807) is 12.3 Å². The lowest BCUT2D eigenvalue weighted by Crippen LogP contribution is -2.16. The normalized spacial score (nSPS) is 18.7. The summed E-state index contributed by atoms with van der Waals surface area (Å²) in [7, 11) is 0. The van der Waals surface area contributed by atoms with Crippen LogP contribution in [0.2, 0.25) is 0 Å². The maximum Gasteiger partial charge on any atom is 0.123 e. The molecule has 0 fully saturated rings. The molecule has 1 N–H and O–H groups in total. The second-order valence-corrected chi connectivity index (χ2v) is 4.72. The monoisotopic (exact) mass is 246 g/mol. The van der Waals surface area contributed by atoms with Gasteiger partial charge in [-0.15, -0.1) is 0 Å². The van der Waals surface area contributed by atoms with Crippen molar-refractivity contribution >= 4 is 0 Å². The molecule has 1 unspecified atom stereocenters. The number of hydrogen-bond acceptors (Lipinski definition) is 2. The van der Waals surface area contributed by atoms with E-state index in [9.17, 15) is 9.50 Å². The molecule has 0 spiro atoms. The van der Waals surface area contributed by atoms with Gasteiger partial charge in [-0.05, 0) is 30.5 Å². The summed E-state index contributed by atoms with van der Waals surface area (Å²) in [5, 5.41) is 9.86. The molecule has 18 heavy (non-hydrogen) atoms. The summed E-state index contributed by atoms with van der Waals surface area (Å²) in [5.41, 5.74) is 1.79. The minimum Gasteiger partial charge on any atom is -0.387 e. The molecule has 1 aliphatic heterocycles. The third-order valence-corrected chi connectivity index (χ3v) is 3.42. The molecule has 94 valence electrons. The Labute approximate surface area is 105 Å². The fourth-order valence-corrected chi connectivity index (χ4v) is 2.51. The minimum atomic E-state index is -0.410. The average molecular weight is 246 g/mol. The van der Waals surface area contributed by atoms with Gasteiger partial charge in [-0.1, -0.05) is 12.1 Å². The van der Waals surface area contributed by atoms with Gasteiger partial charge < -0.3 is 9.67 Å². The van der Waals surface area contributed by atoms with Crippen LogP contribution in [0.15, 0.2) is 30.5 Å². The number of benzene rings is 1. The first-order valence-corrected chi connectivity index (χ1v) is 6.21. The van der Waals surface area contributed by atoms with Gasteiger partial charge >= 0.3 is 0 Å². The molecule has 0 saturated heterocycles. The number of imidazole rings is 1. The van der Waals surface area contributed by atoms with Gasteiger partial charge in [-0.3, -0.25) is 0 Å². The van der Waals surface area contributed by atoms with Crippen molar-refractivity contribution in [2.75, 3.05) is 0 Å². The highest BCUT2D eigenvalue weighted by Crippen LogP contribution is 2.26. The van der Waals surface area contributed by atoms with E-state index in [1.165, 1.54) is 12.1 Å². The van der Waals surface area contributed by atoms with Crippen LogP contribution < -0.4 is 0 Å². The van der Waals surface area contributed by atoms with Gasteiger partial charge in [-0.25, -0.2) is 9.37 Å². The molecule has 0 saturated carbocycles. The quantitative estimate of drug-likeness (QED) is 0.883. The molecule has 1 aromatic carbocycles. The lowest BCUT2D eigenvalue weighted by atomic mass is 10.1. The summed E-state index contributed by atoms with van der Waals surface area (Å²) in [4.78, 5) is 4.35. The summed E-state index contributed by atoms with van der Waals surface area (Å²) in [6.45, 7) is 0.886. The zero-order valence-electron chi connectivity index (χ0n) is 10.0. The Hall–Kier alpha value is -1.68. The Kier molecular flexibility index (Phi) is 2.88. The van der Waals surface area contributed by atoms with Crippen LogP contribution in [0, 0.1) is 5.82 Å². The van der Waals surface area contributed by atoms with Crippen molar-refractivity contribution < 1.29 is 9.50 Å². The molecule has 3 nitrogen and oxygen atoms in total. The first kappa shape index (κ1) is 11.4. The highest BCUT2D eigenvalue weighted by atomic mass is 19.1. The van der Waals surface area contributed by atoms with Crippen molar-refractivity contribution in [3.63, 3.8) is 0 Å². The molecule has 4 heteroatoms. The molecular weight excluding hydrogens is 231 g/mol. The van der Waals surface area contributed by atoms with E-state index in [0.29, 0.717) is 6.42 Å². The Bertz CT molecular complexity index is 565. The lowest BCUT2D eigenvalue weighted by Gasteiger charge is -2.21. The van der Waals surface area contributed by atoms with Gasteiger partial charge in [-0.2, -0.15) is 0 Å². The van der Waals surface area contributed by atoms with Crippen LogP contribution in [0.25, 0.3) is 0 Å². The van der Waals surface area contributed by atoms with Crippen LogP contribution in [0.4, 0.5) is 4.39 Å². The molecule has 0 aliphatic carbocycles. The van der Waals surface area contributed by atoms with Gasteiger partial charge in [0.2, 0.25) is 0 Å². The number of hydrogen-bond donors (Lipinski definition) is 1. The minimum absolute atomic E-state index is 0.224. The molecule has 1 aromatic heterocycles. The number of aliphatic hydroxyl groups is 1. The van der Waals surface area contributed by atoms with Gasteiger partial charge in [0.1, 0.15) is 11.6 Å². The summed E-state index contributed by atoms with van der Waals surface area (Å²) in [6, 6.07) is 6.57. The SMILES string of the molecule is OC1CCCn2c1cnc2Cc1cccc(F)c1. The summed E-state index contributed by atoms with van der Waals surface area (Å²) in [5.74, 6) is 0.673. The smallest absolute Gasteiger partial charge is 0.123 e. The highest BCUT2D eigenvalue weighted by Gasteiger charge is 2.21. The zero-order valence-corrected chi connectivity index (χ0v) is 10.0. The maximum atomic E-state index is 13.1. The van der Waals surface area contributed by atoms with E-state index in [0.717, 1.165) is 36.5 Å². The molecule has 0 amide bonds. The van der Waals surface area contributed by atoms with E-state index >= 15 is 0 Å². The standard InChI is InChI=1S/C14H15FN2O/c15-11-4-1-3-10(7-11)8-14-16-9-12-13(18)5-2-6-17(12)14/h1,3-4,7,9,13,18H,2,5-6,8H2. The van der Waals surface area contributed by atoms with Crippen LogP contribution >= 0.6 is 0 Å². The third-order valence-electron chi connectivity index (χ3n) is 3.42. The topological polar surface area (TPSA) is 38.0 Å².